The highest BCUT2D eigenvalue weighted by Gasteiger charge is 2.20. The Bertz CT molecular complexity index is 629. The number of rotatable bonds is 5. The van der Waals surface area contributed by atoms with Crippen LogP contribution in [0.1, 0.15) is 11.4 Å². The van der Waals surface area contributed by atoms with E-state index in [0.717, 1.165) is 0 Å². The summed E-state index contributed by atoms with van der Waals surface area (Å²) < 4.78 is 28.2. The lowest BCUT2D eigenvalue weighted by Gasteiger charge is -2.06. The fourth-order valence-electron chi connectivity index (χ4n) is 1.48. The number of aromatic amines is 1. The molecule has 0 saturated heterocycles. The van der Waals surface area contributed by atoms with E-state index in [2.05, 4.69) is 19.9 Å². The van der Waals surface area contributed by atoms with Gasteiger partial charge in [-0.05, 0) is 0 Å². The van der Waals surface area contributed by atoms with Crippen LogP contribution in [0.15, 0.2) is 23.6 Å². The summed E-state index contributed by atoms with van der Waals surface area (Å²) in [6.07, 6.45) is 4.74. The summed E-state index contributed by atoms with van der Waals surface area (Å²) in [6, 6.07) is 0. The van der Waals surface area contributed by atoms with Crippen LogP contribution in [-0.2, 0) is 30.2 Å². The van der Waals surface area contributed by atoms with Crippen molar-refractivity contribution in [3.63, 3.8) is 0 Å². The predicted octanol–water partition coefficient (Wildman–Crippen LogP) is -0.920. The van der Waals surface area contributed by atoms with Crippen LogP contribution in [0.2, 0.25) is 0 Å². The number of nitrogens with zero attached hydrogens (tertiary/aromatic N) is 3. The van der Waals surface area contributed by atoms with Crippen molar-refractivity contribution >= 4 is 10.0 Å². The highest BCUT2D eigenvalue weighted by Crippen LogP contribution is 2.11. The average molecular weight is 270 g/mol. The topological polar surface area (TPSA) is 119 Å². The van der Waals surface area contributed by atoms with E-state index in [9.17, 15) is 8.42 Å². The standard InChI is InChI=1S/C9H14N6O2S/c1-15-3-2-11-8(15)6-13-18(16,17)9-7(4-10)5-12-14-9/h2-3,5,13H,4,6,10H2,1H3,(H,12,14). The van der Waals surface area contributed by atoms with Gasteiger partial charge in [0.2, 0.25) is 0 Å². The predicted molar refractivity (Wildman–Crippen MR) is 63.7 cm³/mol. The lowest BCUT2D eigenvalue weighted by atomic mass is 10.4. The summed E-state index contributed by atoms with van der Waals surface area (Å²) in [4.78, 5) is 4.03. The molecule has 9 heteroatoms. The second-order valence-electron chi connectivity index (χ2n) is 3.71. The summed E-state index contributed by atoms with van der Waals surface area (Å²) in [5, 5.41) is 6.11. The lowest BCUT2D eigenvalue weighted by Crippen LogP contribution is -2.26. The van der Waals surface area contributed by atoms with Crippen molar-refractivity contribution in [2.24, 2.45) is 12.8 Å². The van der Waals surface area contributed by atoms with Gasteiger partial charge in [0, 0.05) is 31.5 Å². The number of hydrogen-bond acceptors (Lipinski definition) is 5. The maximum absolute atomic E-state index is 12.0. The maximum Gasteiger partial charge on any atom is 0.258 e. The van der Waals surface area contributed by atoms with Gasteiger partial charge in [0.05, 0.1) is 12.7 Å². The minimum Gasteiger partial charge on any atom is -0.337 e. The number of aromatic nitrogens is 4. The Kier molecular flexibility index (Phi) is 3.45. The molecule has 0 saturated carbocycles. The molecule has 0 unspecified atom stereocenters. The van der Waals surface area contributed by atoms with Gasteiger partial charge in [0.1, 0.15) is 5.82 Å². The number of imidazole rings is 1. The van der Waals surface area contributed by atoms with Crippen LogP contribution in [0, 0.1) is 0 Å². The van der Waals surface area contributed by atoms with Gasteiger partial charge in [-0.2, -0.15) is 5.10 Å². The van der Waals surface area contributed by atoms with Crippen molar-refractivity contribution in [1.29, 1.82) is 0 Å². The minimum atomic E-state index is -3.65. The first-order valence-electron chi connectivity index (χ1n) is 5.23. The van der Waals surface area contributed by atoms with Crippen molar-refractivity contribution in [2.45, 2.75) is 18.1 Å². The van der Waals surface area contributed by atoms with Crippen LogP contribution >= 0.6 is 0 Å². The Hall–Kier alpha value is -1.71. The van der Waals surface area contributed by atoms with Crippen LogP contribution in [0.5, 0.6) is 0 Å². The first-order chi connectivity index (χ1) is 8.54. The van der Waals surface area contributed by atoms with Crippen LogP contribution in [0.25, 0.3) is 0 Å². The number of sulfonamides is 1. The van der Waals surface area contributed by atoms with Gasteiger partial charge < -0.3 is 10.3 Å². The molecule has 2 aromatic rings. The van der Waals surface area contributed by atoms with E-state index >= 15 is 0 Å². The SMILES string of the molecule is Cn1ccnc1CNS(=O)(=O)c1[nH]ncc1CN. The summed E-state index contributed by atoms with van der Waals surface area (Å²) in [5.41, 5.74) is 5.88. The zero-order chi connectivity index (χ0) is 13.2. The van der Waals surface area contributed by atoms with E-state index in [4.69, 9.17) is 5.73 Å². The number of nitrogens with two attached hydrogens (primary N) is 1. The van der Waals surface area contributed by atoms with E-state index in [1.807, 2.05) is 0 Å². The smallest absolute Gasteiger partial charge is 0.258 e. The normalized spacial score (nSPS) is 11.9. The second-order valence-corrected chi connectivity index (χ2v) is 5.41. The molecule has 98 valence electrons. The summed E-state index contributed by atoms with van der Waals surface area (Å²) in [7, 11) is -1.86. The third-order valence-electron chi connectivity index (χ3n) is 2.51. The van der Waals surface area contributed by atoms with Crippen LogP contribution in [0.4, 0.5) is 0 Å². The highest BCUT2D eigenvalue weighted by molar-refractivity contribution is 7.89. The molecule has 2 rings (SSSR count). The first kappa shape index (κ1) is 12.7. The van der Waals surface area contributed by atoms with Crippen molar-refractivity contribution in [2.75, 3.05) is 0 Å². The zero-order valence-corrected chi connectivity index (χ0v) is 10.6. The molecule has 2 aromatic heterocycles. The van der Waals surface area contributed by atoms with E-state index in [1.165, 1.54) is 6.20 Å². The van der Waals surface area contributed by atoms with Gasteiger partial charge in [0.15, 0.2) is 5.03 Å². The maximum atomic E-state index is 12.0. The molecule has 0 radical (unpaired) electrons. The van der Waals surface area contributed by atoms with E-state index in [-0.39, 0.29) is 18.1 Å². The lowest BCUT2D eigenvalue weighted by molar-refractivity contribution is 0.572. The minimum absolute atomic E-state index is 0.000732. The summed E-state index contributed by atoms with van der Waals surface area (Å²) >= 11 is 0. The molecule has 0 aliphatic heterocycles. The van der Waals surface area contributed by atoms with Crippen LogP contribution < -0.4 is 10.5 Å². The van der Waals surface area contributed by atoms with Gasteiger partial charge in [-0.15, -0.1) is 0 Å². The molecule has 0 bridgehead atoms. The van der Waals surface area contributed by atoms with Crippen molar-refractivity contribution in [1.82, 2.24) is 24.5 Å². The third kappa shape index (κ3) is 2.42. The van der Waals surface area contributed by atoms with Crippen molar-refractivity contribution in [3.05, 3.63) is 30.0 Å². The summed E-state index contributed by atoms with van der Waals surface area (Å²) in [5.74, 6) is 0.618. The second kappa shape index (κ2) is 4.88. The number of hydrogen-bond donors (Lipinski definition) is 3. The number of nitrogens with one attached hydrogen (secondary N) is 2. The molecule has 8 nitrogen and oxygen atoms in total. The highest BCUT2D eigenvalue weighted by atomic mass is 32.2. The molecular weight excluding hydrogens is 256 g/mol. The molecule has 0 amide bonds. The quantitative estimate of drug-likeness (QED) is 0.649. The fourth-order valence-corrected chi connectivity index (χ4v) is 2.59. The van der Waals surface area contributed by atoms with Gasteiger partial charge in [-0.25, -0.2) is 18.1 Å². The molecule has 0 aromatic carbocycles. The number of aryl methyl sites for hydroxylation is 1. The molecule has 0 fully saturated rings. The molecule has 4 N–H and O–H groups in total. The first-order valence-corrected chi connectivity index (χ1v) is 6.71. The molecule has 0 spiro atoms. The Balaban J connectivity index is 2.16. The van der Waals surface area contributed by atoms with Crippen molar-refractivity contribution in [3.8, 4) is 0 Å². The third-order valence-corrected chi connectivity index (χ3v) is 3.92. The molecular formula is C9H14N6O2S. The van der Waals surface area contributed by atoms with E-state index < -0.39 is 10.0 Å². The average Bonchev–Trinajstić information content (AvgIpc) is 2.95. The van der Waals surface area contributed by atoms with Crippen LogP contribution in [-0.4, -0.2) is 28.2 Å². The Morgan fingerprint density at radius 3 is 2.94 bits per heavy atom. The zero-order valence-electron chi connectivity index (χ0n) is 9.79. The Morgan fingerprint density at radius 2 is 2.33 bits per heavy atom. The Labute approximate surface area is 104 Å². The van der Waals surface area contributed by atoms with Gasteiger partial charge in [-0.1, -0.05) is 0 Å². The van der Waals surface area contributed by atoms with E-state index in [1.54, 1.807) is 24.0 Å². The molecule has 0 aliphatic carbocycles. The van der Waals surface area contributed by atoms with Gasteiger partial charge >= 0.3 is 0 Å². The van der Waals surface area contributed by atoms with Gasteiger partial charge in [0.25, 0.3) is 10.0 Å². The monoisotopic (exact) mass is 270 g/mol. The Morgan fingerprint density at radius 1 is 1.56 bits per heavy atom. The van der Waals surface area contributed by atoms with E-state index in [0.29, 0.717) is 11.4 Å². The molecule has 18 heavy (non-hydrogen) atoms. The molecule has 2 heterocycles. The largest absolute Gasteiger partial charge is 0.337 e. The molecule has 0 aliphatic rings. The van der Waals surface area contributed by atoms with Crippen molar-refractivity contribution < 1.29 is 8.42 Å². The fraction of sp³-hybridized carbons (Fsp3) is 0.333. The summed E-state index contributed by atoms with van der Waals surface area (Å²) in [6.45, 7) is 0.212. The molecule has 0 atom stereocenters. The van der Waals surface area contributed by atoms with Crippen LogP contribution in [0.3, 0.4) is 0 Å². The van der Waals surface area contributed by atoms with Gasteiger partial charge in [-0.3, -0.25) is 5.10 Å². The number of H-pyrrole nitrogens is 1.